The number of rotatable bonds is 9. The summed E-state index contributed by atoms with van der Waals surface area (Å²) in [5.74, 6) is -0.429. The summed E-state index contributed by atoms with van der Waals surface area (Å²) in [5, 5.41) is 11.1. The van der Waals surface area contributed by atoms with Gasteiger partial charge < -0.3 is 24.2 Å². The molecule has 0 radical (unpaired) electrons. The Kier molecular flexibility index (Phi) is 7.53. The summed E-state index contributed by atoms with van der Waals surface area (Å²) in [6.07, 6.45) is 0.564. The first-order chi connectivity index (χ1) is 15.4. The second kappa shape index (κ2) is 10.3. The Bertz CT molecular complexity index is 996. The highest BCUT2D eigenvalue weighted by Gasteiger charge is 2.46. The number of nitrogens with zero attached hydrogens (tertiary/aromatic N) is 1. The fourth-order valence-corrected chi connectivity index (χ4v) is 3.82. The number of likely N-dealkylation sites (tertiary alicyclic amines) is 1. The van der Waals surface area contributed by atoms with Gasteiger partial charge in [-0.05, 0) is 50.6 Å². The van der Waals surface area contributed by atoms with Crippen LogP contribution in [0.25, 0.3) is 5.76 Å². The summed E-state index contributed by atoms with van der Waals surface area (Å²) in [6.45, 7) is 4.59. The Hall–Kier alpha value is -3.32. The third kappa shape index (κ3) is 4.78. The molecule has 1 fully saturated rings. The van der Waals surface area contributed by atoms with Gasteiger partial charge in [0.15, 0.2) is 0 Å². The number of ketones is 1. The van der Waals surface area contributed by atoms with Gasteiger partial charge in [0.05, 0.1) is 24.8 Å². The fourth-order valence-electron chi connectivity index (χ4n) is 3.82. The quantitative estimate of drug-likeness (QED) is 0.276. The molecule has 170 valence electrons. The molecule has 1 atom stereocenters. The number of Topliss-reactive ketones (excluding diaryl/α,β-unsaturated/α-hetero) is 1. The average molecular weight is 440 g/mol. The molecule has 3 rings (SSSR count). The summed E-state index contributed by atoms with van der Waals surface area (Å²) < 4.78 is 16.3. The molecule has 1 amide bonds. The third-order valence-electron chi connectivity index (χ3n) is 5.22. The van der Waals surface area contributed by atoms with Crippen LogP contribution in [0.1, 0.15) is 37.4 Å². The molecule has 0 spiro atoms. The van der Waals surface area contributed by atoms with Crippen LogP contribution in [-0.4, -0.2) is 55.2 Å². The number of ether oxygens (including phenoxy) is 3. The molecule has 0 saturated carbocycles. The van der Waals surface area contributed by atoms with E-state index in [0.29, 0.717) is 42.2 Å². The SMILES string of the molecule is COCCCN1C(=O)C(=O)C(=C(O)c2ccc(OC(C)C)cc2)[C@H]1c1ccccc1OC. The predicted octanol–water partition coefficient (Wildman–Crippen LogP) is 3.94. The van der Waals surface area contributed by atoms with Gasteiger partial charge in [0.1, 0.15) is 17.3 Å². The smallest absolute Gasteiger partial charge is 0.295 e. The predicted molar refractivity (Wildman–Crippen MR) is 121 cm³/mol. The van der Waals surface area contributed by atoms with Crippen molar-refractivity contribution in [2.45, 2.75) is 32.4 Å². The number of carbonyl (C=O) groups excluding carboxylic acids is 2. The maximum Gasteiger partial charge on any atom is 0.295 e. The van der Waals surface area contributed by atoms with Crippen LogP contribution >= 0.6 is 0 Å². The third-order valence-corrected chi connectivity index (χ3v) is 5.22. The van der Waals surface area contributed by atoms with Gasteiger partial charge in [0.25, 0.3) is 11.7 Å². The number of aliphatic hydroxyl groups excluding tert-OH is 1. The Balaban J connectivity index is 2.09. The van der Waals surface area contributed by atoms with Crippen molar-refractivity contribution < 1.29 is 28.9 Å². The van der Waals surface area contributed by atoms with E-state index in [1.54, 1.807) is 43.5 Å². The molecule has 2 aromatic rings. The van der Waals surface area contributed by atoms with Crippen LogP contribution in [0.15, 0.2) is 54.1 Å². The molecule has 0 aromatic heterocycles. The standard InChI is InChI=1S/C25H29NO6/c1-16(2)32-18-12-10-17(11-13-18)23(27)21-22(19-8-5-6-9-20(19)31-4)26(14-7-15-30-3)25(29)24(21)28/h5-6,8-13,16,22,27H,7,14-15H2,1-4H3/t22-/m1/s1. The molecule has 1 heterocycles. The number of carbonyl (C=O) groups is 2. The van der Waals surface area contributed by atoms with Crippen LogP contribution in [0, 0.1) is 0 Å². The lowest BCUT2D eigenvalue weighted by Crippen LogP contribution is -2.31. The van der Waals surface area contributed by atoms with E-state index in [1.807, 2.05) is 26.0 Å². The van der Waals surface area contributed by atoms with Crippen molar-refractivity contribution in [1.29, 1.82) is 0 Å². The van der Waals surface area contributed by atoms with Crippen molar-refractivity contribution in [3.8, 4) is 11.5 Å². The molecule has 1 saturated heterocycles. The molecular formula is C25H29NO6. The largest absolute Gasteiger partial charge is 0.507 e. The van der Waals surface area contributed by atoms with Gasteiger partial charge >= 0.3 is 0 Å². The van der Waals surface area contributed by atoms with Crippen molar-refractivity contribution in [2.75, 3.05) is 27.4 Å². The molecule has 7 nitrogen and oxygen atoms in total. The fraction of sp³-hybridized carbons (Fsp3) is 0.360. The van der Waals surface area contributed by atoms with Gasteiger partial charge in [0.2, 0.25) is 0 Å². The molecule has 32 heavy (non-hydrogen) atoms. The van der Waals surface area contributed by atoms with Gasteiger partial charge in [-0.1, -0.05) is 18.2 Å². The van der Waals surface area contributed by atoms with E-state index in [2.05, 4.69) is 0 Å². The zero-order valence-electron chi connectivity index (χ0n) is 18.8. The Morgan fingerprint density at radius 2 is 1.75 bits per heavy atom. The zero-order valence-corrected chi connectivity index (χ0v) is 18.8. The Labute approximate surface area is 188 Å². The molecule has 7 heteroatoms. The lowest BCUT2D eigenvalue weighted by atomic mass is 9.94. The zero-order chi connectivity index (χ0) is 23.3. The minimum Gasteiger partial charge on any atom is -0.507 e. The van der Waals surface area contributed by atoms with Crippen LogP contribution in [0.4, 0.5) is 0 Å². The van der Waals surface area contributed by atoms with Crippen molar-refractivity contribution >= 4 is 17.4 Å². The Morgan fingerprint density at radius 3 is 2.38 bits per heavy atom. The van der Waals surface area contributed by atoms with Gasteiger partial charge in [-0.15, -0.1) is 0 Å². The lowest BCUT2D eigenvalue weighted by molar-refractivity contribution is -0.140. The summed E-state index contributed by atoms with van der Waals surface area (Å²) in [7, 11) is 3.11. The number of methoxy groups -OCH3 is 2. The van der Waals surface area contributed by atoms with E-state index in [-0.39, 0.29) is 17.4 Å². The highest BCUT2D eigenvalue weighted by atomic mass is 16.5. The van der Waals surface area contributed by atoms with E-state index in [1.165, 1.54) is 12.0 Å². The lowest BCUT2D eigenvalue weighted by Gasteiger charge is -2.26. The molecule has 0 aliphatic carbocycles. The van der Waals surface area contributed by atoms with Crippen LogP contribution in [0.5, 0.6) is 11.5 Å². The minimum atomic E-state index is -0.769. The van der Waals surface area contributed by atoms with Gasteiger partial charge in [-0.2, -0.15) is 0 Å². The summed E-state index contributed by atoms with van der Waals surface area (Å²) in [6, 6.07) is 13.2. The van der Waals surface area contributed by atoms with E-state index >= 15 is 0 Å². The number of aliphatic hydroxyl groups is 1. The van der Waals surface area contributed by atoms with Crippen molar-refractivity contribution in [1.82, 2.24) is 4.90 Å². The monoisotopic (exact) mass is 439 g/mol. The highest BCUT2D eigenvalue weighted by molar-refractivity contribution is 6.46. The highest BCUT2D eigenvalue weighted by Crippen LogP contribution is 2.42. The van der Waals surface area contributed by atoms with Crippen molar-refractivity contribution in [3.63, 3.8) is 0 Å². The van der Waals surface area contributed by atoms with Gasteiger partial charge in [-0.25, -0.2) is 0 Å². The second-order valence-electron chi connectivity index (χ2n) is 7.77. The van der Waals surface area contributed by atoms with Gasteiger partial charge in [0, 0.05) is 31.4 Å². The molecule has 0 unspecified atom stereocenters. The average Bonchev–Trinajstić information content (AvgIpc) is 3.03. The topological polar surface area (TPSA) is 85.3 Å². The van der Waals surface area contributed by atoms with Crippen molar-refractivity contribution in [3.05, 3.63) is 65.2 Å². The minimum absolute atomic E-state index is 0.0115. The van der Waals surface area contributed by atoms with E-state index in [0.717, 1.165) is 0 Å². The number of para-hydroxylation sites is 1. The normalized spacial score (nSPS) is 17.8. The van der Waals surface area contributed by atoms with Gasteiger partial charge in [-0.3, -0.25) is 9.59 Å². The first-order valence-electron chi connectivity index (χ1n) is 10.6. The maximum absolute atomic E-state index is 13.1. The molecule has 0 bridgehead atoms. The molecule has 1 aliphatic rings. The van der Waals surface area contributed by atoms with E-state index < -0.39 is 17.7 Å². The first kappa shape index (κ1) is 23.3. The maximum atomic E-state index is 13.1. The van der Waals surface area contributed by atoms with Crippen LogP contribution < -0.4 is 9.47 Å². The number of hydrogen-bond acceptors (Lipinski definition) is 6. The van der Waals surface area contributed by atoms with Crippen molar-refractivity contribution in [2.24, 2.45) is 0 Å². The second-order valence-corrected chi connectivity index (χ2v) is 7.77. The van der Waals surface area contributed by atoms with Crippen LogP contribution in [0.3, 0.4) is 0 Å². The number of benzene rings is 2. The van der Waals surface area contributed by atoms with Crippen LogP contribution in [0.2, 0.25) is 0 Å². The number of amides is 1. The Morgan fingerprint density at radius 1 is 1.06 bits per heavy atom. The van der Waals surface area contributed by atoms with E-state index in [9.17, 15) is 14.7 Å². The first-order valence-corrected chi connectivity index (χ1v) is 10.6. The van der Waals surface area contributed by atoms with E-state index in [4.69, 9.17) is 14.2 Å². The summed E-state index contributed by atoms with van der Waals surface area (Å²) in [5.41, 5.74) is 1.10. The summed E-state index contributed by atoms with van der Waals surface area (Å²) in [4.78, 5) is 27.5. The van der Waals surface area contributed by atoms with Crippen LogP contribution in [-0.2, 0) is 14.3 Å². The molecular weight excluding hydrogens is 410 g/mol. The molecule has 1 N–H and O–H groups in total. The molecule has 2 aromatic carbocycles. The summed E-state index contributed by atoms with van der Waals surface area (Å²) >= 11 is 0. The number of hydrogen-bond donors (Lipinski definition) is 1. The molecule has 1 aliphatic heterocycles.